The number of carbonyl (C=O) groups excluding carboxylic acids is 2. The molecule has 1 aromatic rings. The zero-order valence-electron chi connectivity index (χ0n) is 19.7. The Hall–Kier alpha value is -2.03. The molecule has 1 aromatic carbocycles. The minimum absolute atomic E-state index is 0. The molecule has 0 aromatic heterocycles. The van der Waals surface area contributed by atoms with Crippen molar-refractivity contribution in [3.63, 3.8) is 0 Å². The van der Waals surface area contributed by atoms with Gasteiger partial charge in [-0.1, -0.05) is 27.7 Å². The van der Waals surface area contributed by atoms with Gasteiger partial charge in [0, 0.05) is 24.5 Å². The number of amides is 2. The summed E-state index contributed by atoms with van der Waals surface area (Å²) >= 11 is 0. The molecule has 0 aliphatic carbocycles. The van der Waals surface area contributed by atoms with E-state index >= 15 is 0 Å². The van der Waals surface area contributed by atoms with Crippen molar-refractivity contribution < 1.29 is 19.1 Å². The van der Waals surface area contributed by atoms with E-state index in [2.05, 4.69) is 48.1 Å². The zero-order valence-corrected chi connectivity index (χ0v) is 20.6. The van der Waals surface area contributed by atoms with E-state index in [1.807, 2.05) is 13.8 Å². The van der Waals surface area contributed by atoms with Gasteiger partial charge < -0.3 is 19.3 Å². The molecular weight excluding hydrogens is 420 g/mol. The number of ether oxygens (including phenoxy) is 2. The fraction of sp³-hybridized carbons (Fsp3) is 0.636. The maximum absolute atomic E-state index is 12.1. The molecule has 1 rings (SSSR count). The van der Waals surface area contributed by atoms with E-state index in [1.54, 1.807) is 12.1 Å². The highest BCUT2D eigenvalue weighted by Gasteiger charge is 2.12. The van der Waals surface area contributed by atoms with Gasteiger partial charge in [-0.05, 0) is 63.3 Å². The molecule has 0 radical (unpaired) electrons. The third kappa shape index (κ3) is 10.7. The van der Waals surface area contributed by atoms with Crippen LogP contribution in [0.5, 0.6) is 0 Å². The fourth-order valence-electron chi connectivity index (χ4n) is 3.14. The number of benzene rings is 1. The van der Waals surface area contributed by atoms with Gasteiger partial charge in [-0.15, -0.1) is 12.4 Å². The van der Waals surface area contributed by atoms with Gasteiger partial charge in [-0.3, -0.25) is 10.6 Å². The van der Waals surface area contributed by atoms with Crippen LogP contribution in [-0.2, 0) is 9.47 Å². The van der Waals surface area contributed by atoms with E-state index in [0.717, 1.165) is 37.3 Å². The van der Waals surface area contributed by atoms with E-state index in [4.69, 9.17) is 9.47 Å². The summed E-state index contributed by atoms with van der Waals surface area (Å²) in [6.45, 7) is 17.8. The van der Waals surface area contributed by atoms with E-state index in [-0.39, 0.29) is 12.4 Å². The Labute approximate surface area is 193 Å². The number of nitrogens with one attached hydrogen (secondary N) is 2. The first-order valence-electron chi connectivity index (χ1n) is 10.8. The quantitative estimate of drug-likeness (QED) is 0.479. The molecule has 0 unspecified atom stereocenters. The largest absolute Gasteiger partial charge is 0.448 e. The monoisotopic (exact) mass is 458 g/mol. The van der Waals surface area contributed by atoms with Crippen LogP contribution in [0, 0.1) is 13.8 Å². The van der Waals surface area contributed by atoms with Crippen LogP contribution in [0.3, 0.4) is 0 Å². The molecule has 0 saturated heterocycles. The first kappa shape index (κ1) is 29.0. The van der Waals surface area contributed by atoms with Crippen molar-refractivity contribution in [3.05, 3.63) is 23.3 Å². The Morgan fingerprint density at radius 3 is 1.55 bits per heavy atom. The molecule has 9 heteroatoms. The van der Waals surface area contributed by atoms with E-state index in [0.29, 0.717) is 37.7 Å². The van der Waals surface area contributed by atoms with E-state index in [1.165, 1.54) is 0 Å². The second-order valence-corrected chi connectivity index (χ2v) is 7.06. The molecule has 0 aliphatic heterocycles. The van der Waals surface area contributed by atoms with Crippen LogP contribution in [0.2, 0.25) is 0 Å². The second kappa shape index (κ2) is 15.7. The summed E-state index contributed by atoms with van der Waals surface area (Å²) < 4.78 is 10.5. The number of anilines is 2. The number of hydrogen-bond acceptors (Lipinski definition) is 6. The summed E-state index contributed by atoms with van der Waals surface area (Å²) in [7, 11) is 0. The first-order valence-corrected chi connectivity index (χ1v) is 10.8. The molecule has 0 fully saturated rings. The smallest absolute Gasteiger partial charge is 0.411 e. The van der Waals surface area contributed by atoms with Gasteiger partial charge in [-0.25, -0.2) is 9.59 Å². The molecule has 0 heterocycles. The number of aryl methyl sites for hydroxylation is 2. The van der Waals surface area contributed by atoms with Crippen molar-refractivity contribution in [2.45, 2.75) is 41.5 Å². The van der Waals surface area contributed by atoms with Gasteiger partial charge in [0.2, 0.25) is 0 Å². The molecule has 8 nitrogen and oxygen atoms in total. The predicted molar refractivity (Wildman–Crippen MR) is 129 cm³/mol. The van der Waals surface area contributed by atoms with Gasteiger partial charge in [0.1, 0.15) is 13.2 Å². The standard InChI is InChI=1S/C22H38N4O4.ClH/c1-7-25(8-2)11-13-29-21(27)23-19-15-17(5)20(18(6)16-19)24-22(28)30-14-12-26(9-3)10-4;/h15-16H,7-14H2,1-6H3,(H,23,27)(H,24,28);1H. The highest BCUT2D eigenvalue weighted by Crippen LogP contribution is 2.25. The van der Waals surface area contributed by atoms with Crippen molar-refractivity contribution >= 4 is 36.0 Å². The number of likely N-dealkylation sites (N-methyl/N-ethyl adjacent to an activating group) is 2. The zero-order chi connectivity index (χ0) is 22.5. The summed E-state index contributed by atoms with van der Waals surface area (Å²) in [5.41, 5.74) is 2.96. The predicted octanol–water partition coefficient (Wildman–Crippen LogP) is 4.51. The topological polar surface area (TPSA) is 83.1 Å². The Morgan fingerprint density at radius 1 is 0.774 bits per heavy atom. The molecule has 178 valence electrons. The Balaban J connectivity index is 0.00000900. The SMILES string of the molecule is CCN(CC)CCOC(=O)Nc1cc(C)c(NC(=O)OCCN(CC)CC)c(C)c1.Cl. The van der Waals surface area contributed by atoms with Gasteiger partial charge >= 0.3 is 12.2 Å². The molecule has 0 spiro atoms. The number of rotatable bonds is 12. The summed E-state index contributed by atoms with van der Waals surface area (Å²) in [4.78, 5) is 28.5. The lowest BCUT2D eigenvalue weighted by Crippen LogP contribution is -2.29. The lowest BCUT2D eigenvalue weighted by Gasteiger charge is -2.19. The normalized spacial score (nSPS) is 10.6. The molecule has 0 aliphatic rings. The summed E-state index contributed by atoms with van der Waals surface area (Å²) in [5.74, 6) is 0. The van der Waals surface area contributed by atoms with Crippen LogP contribution in [0.15, 0.2) is 12.1 Å². The molecular formula is C22H39ClN4O4. The van der Waals surface area contributed by atoms with Crippen molar-refractivity contribution in [2.75, 3.05) is 63.1 Å². The van der Waals surface area contributed by atoms with Gasteiger partial charge in [0.05, 0.1) is 0 Å². The summed E-state index contributed by atoms with van der Waals surface area (Å²) in [6, 6.07) is 3.59. The van der Waals surface area contributed by atoms with Crippen LogP contribution < -0.4 is 10.6 Å². The van der Waals surface area contributed by atoms with Gasteiger partial charge in [0.15, 0.2) is 0 Å². The van der Waals surface area contributed by atoms with Gasteiger partial charge in [-0.2, -0.15) is 0 Å². The average Bonchev–Trinajstić information content (AvgIpc) is 2.71. The summed E-state index contributed by atoms with van der Waals surface area (Å²) in [5, 5.41) is 5.54. The molecule has 2 amide bonds. The molecule has 0 bridgehead atoms. The number of hydrogen-bond donors (Lipinski definition) is 2. The Kier molecular flexibility index (Phi) is 14.7. The average molecular weight is 459 g/mol. The highest BCUT2D eigenvalue weighted by molar-refractivity contribution is 5.89. The van der Waals surface area contributed by atoms with Crippen LogP contribution in [-0.4, -0.2) is 74.5 Å². The number of halogens is 1. The molecule has 31 heavy (non-hydrogen) atoms. The number of nitrogens with zero attached hydrogens (tertiary/aromatic N) is 2. The lowest BCUT2D eigenvalue weighted by molar-refractivity contribution is 0.142. The Morgan fingerprint density at radius 2 is 1.16 bits per heavy atom. The van der Waals surface area contributed by atoms with Crippen molar-refractivity contribution in [2.24, 2.45) is 0 Å². The van der Waals surface area contributed by atoms with Crippen LogP contribution in [0.1, 0.15) is 38.8 Å². The van der Waals surface area contributed by atoms with Crippen LogP contribution >= 0.6 is 12.4 Å². The van der Waals surface area contributed by atoms with Crippen molar-refractivity contribution in [1.29, 1.82) is 0 Å². The first-order chi connectivity index (χ1) is 14.3. The molecule has 0 atom stereocenters. The van der Waals surface area contributed by atoms with Gasteiger partial charge in [0.25, 0.3) is 0 Å². The molecule has 2 N–H and O–H groups in total. The van der Waals surface area contributed by atoms with Crippen molar-refractivity contribution in [3.8, 4) is 0 Å². The van der Waals surface area contributed by atoms with Crippen molar-refractivity contribution in [1.82, 2.24) is 9.80 Å². The van der Waals surface area contributed by atoms with Crippen LogP contribution in [0.4, 0.5) is 21.0 Å². The maximum atomic E-state index is 12.1. The minimum Gasteiger partial charge on any atom is -0.448 e. The summed E-state index contributed by atoms with van der Waals surface area (Å²) in [6.07, 6.45) is -0.970. The minimum atomic E-state index is -0.488. The van der Waals surface area contributed by atoms with E-state index < -0.39 is 12.2 Å². The fourth-order valence-corrected chi connectivity index (χ4v) is 3.14. The third-order valence-corrected chi connectivity index (χ3v) is 5.08. The van der Waals surface area contributed by atoms with Crippen LogP contribution in [0.25, 0.3) is 0 Å². The number of carbonyl (C=O) groups is 2. The third-order valence-electron chi connectivity index (χ3n) is 5.08. The second-order valence-electron chi connectivity index (χ2n) is 7.06. The highest BCUT2D eigenvalue weighted by atomic mass is 35.5. The maximum Gasteiger partial charge on any atom is 0.411 e. The lowest BCUT2D eigenvalue weighted by atomic mass is 10.1. The van der Waals surface area contributed by atoms with E-state index in [9.17, 15) is 9.59 Å². The molecule has 0 saturated carbocycles. The Bertz CT molecular complexity index is 656.